The molecule has 1 aromatic carbocycles. The first kappa shape index (κ1) is 12.2. The molecule has 0 spiro atoms. The highest BCUT2D eigenvalue weighted by Crippen LogP contribution is 2.29. The van der Waals surface area contributed by atoms with Crippen LogP contribution in [0.5, 0.6) is 0 Å². The number of rotatable bonds is 3. The minimum Gasteiger partial charge on any atom is -0.370 e. The van der Waals surface area contributed by atoms with Crippen LogP contribution in [0.3, 0.4) is 0 Å². The van der Waals surface area contributed by atoms with Gasteiger partial charge in [-0.25, -0.2) is 4.39 Å². The van der Waals surface area contributed by atoms with Crippen molar-refractivity contribution in [1.82, 2.24) is 4.90 Å². The van der Waals surface area contributed by atoms with Crippen LogP contribution in [0.4, 0.5) is 4.39 Å². The molecular formula is C12H15ClFN3. The molecular weight excluding hydrogens is 241 g/mol. The lowest BCUT2D eigenvalue weighted by molar-refractivity contribution is 0.338. The third-order valence-corrected chi connectivity index (χ3v) is 3.11. The highest BCUT2D eigenvalue weighted by molar-refractivity contribution is 6.30. The molecule has 0 saturated heterocycles. The summed E-state index contributed by atoms with van der Waals surface area (Å²) in [6.45, 7) is 3.31. The molecule has 2 N–H and O–H groups in total. The molecule has 1 aliphatic heterocycles. The molecule has 0 aromatic heterocycles. The van der Waals surface area contributed by atoms with Gasteiger partial charge in [0.2, 0.25) is 0 Å². The average molecular weight is 256 g/mol. The van der Waals surface area contributed by atoms with Crippen molar-refractivity contribution in [3.63, 3.8) is 0 Å². The minimum atomic E-state index is -0.259. The molecule has 1 unspecified atom stereocenters. The molecule has 0 bridgehead atoms. The molecule has 0 amide bonds. The van der Waals surface area contributed by atoms with E-state index in [1.807, 2.05) is 4.90 Å². The van der Waals surface area contributed by atoms with Crippen molar-refractivity contribution in [1.29, 1.82) is 0 Å². The van der Waals surface area contributed by atoms with Crippen molar-refractivity contribution in [2.24, 2.45) is 10.7 Å². The molecule has 1 aromatic rings. The summed E-state index contributed by atoms with van der Waals surface area (Å²) in [5.74, 6) is 0.224. The van der Waals surface area contributed by atoms with Crippen molar-refractivity contribution >= 4 is 17.6 Å². The molecule has 17 heavy (non-hydrogen) atoms. The summed E-state index contributed by atoms with van der Waals surface area (Å²) in [7, 11) is 0. The average Bonchev–Trinajstić information content (AvgIpc) is 2.65. The molecule has 1 aliphatic rings. The Morgan fingerprint density at radius 1 is 1.59 bits per heavy atom. The van der Waals surface area contributed by atoms with Crippen LogP contribution >= 0.6 is 11.6 Å². The fourth-order valence-electron chi connectivity index (χ4n) is 2.08. The molecule has 3 nitrogen and oxygen atoms in total. The zero-order valence-electron chi connectivity index (χ0n) is 9.66. The van der Waals surface area contributed by atoms with E-state index in [0.29, 0.717) is 23.1 Å². The zero-order chi connectivity index (χ0) is 12.4. The van der Waals surface area contributed by atoms with Crippen LogP contribution in [0.15, 0.2) is 23.2 Å². The predicted molar refractivity (Wildman–Crippen MR) is 67.6 cm³/mol. The smallest absolute Gasteiger partial charge is 0.191 e. The van der Waals surface area contributed by atoms with Crippen LogP contribution in [-0.2, 0) is 0 Å². The Morgan fingerprint density at radius 3 is 3.06 bits per heavy atom. The van der Waals surface area contributed by atoms with Crippen molar-refractivity contribution in [3.8, 4) is 0 Å². The van der Waals surface area contributed by atoms with Gasteiger partial charge in [0, 0.05) is 17.1 Å². The van der Waals surface area contributed by atoms with Gasteiger partial charge in [0.15, 0.2) is 5.96 Å². The van der Waals surface area contributed by atoms with E-state index in [-0.39, 0.29) is 11.9 Å². The lowest BCUT2D eigenvalue weighted by Crippen LogP contribution is -2.36. The van der Waals surface area contributed by atoms with Crippen LogP contribution < -0.4 is 5.73 Å². The second-order valence-electron chi connectivity index (χ2n) is 4.07. The first-order valence-electron chi connectivity index (χ1n) is 5.65. The van der Waals surface area contributed by atoms with E-state index >= 15 is 0 Å². The summed E-state index contributed by atoms with van der Waals surface area (Å²) in [4.78, 5) is 6.10. The number of guanidine groups is 1. The number of halogens is 2. The number of hydrogen-bond acceptors (Lipinski definition) is 3. The summed E-state index contributed by atoms with van der Waals surface area (Å²) >= 11 is 5.90. The predicted octanol–water partition coefficient (Wildman–Crippen LogP) is 2.56. The number of nitrogens with two attached hydrogens (primary N) is 1. The molecule has 5 heteroatoms. The van der Waals surface area contributed by atoms with Crippen LogP contribution in [0.2, 0.25) is 5.02 Å². The summed E-state index contributed by atoms with van der Waals surface area (Å²) < 4.78 is 13.8. The van der Waals surface area contributed by atoms with Gasteiger partial charge in [-0.2, -0.15) is 0 Å². The van der Waals surface area contributed by atoms with Gasteiger partial charge in [-0.3, -0.25) is 4.99 Å². The zero-order valence-corrected chi connectivity index (χ0v) is 10.4. The van der Waals surface area contributed by atoms with E-state index in [1.165, 1.54) is 6.07 Å². The Hall–Kier alpha value is -1.29. The lowest BCUT2D eigenvalue weighted by atomic mass is 10.1. The molecule has 0 saturated carbocycles. The SMILES string of the molecule is CCCN1C(N)=NCC1c1cc(Cl)ccc1F. The number of hydrogen-bond donors (Lipinski definition) is 1. The van der Waals surface area contributed by atoms with Crippen LogP contribution in [0.1, 0.15) is 24.9 Å². The second-order valence-corrected chi connectivity index (χ2v) is 4.51. The van der Waals surface area contributed by atoms with Gasteiger partial charge < -0.3 is 10.6 Å². The molecule has 0 fully saturated rings. The maximum atomic E-state index is 13.8. The fourth-order valence-corrected chi connectivity index (χ4v) is 2.26. The summed E-state index contributed by atoms with van der Waals surface area (Å²) in [5.41, 5.74) is 6.37. The normalized spacial score (nSPS) is 19.6. The van der Waals surface area contributed by atoms with E-state index in [9.17, 15) is 4.39 Å². The van der Waals surface area contributed by atoms with Gasteiger partial charge in [0.05, 0.1) is 12.6 Å². The number of nitrogens with zero attached hydrogens (tertiary/aromatic N) is 2. The quantitative estimate of drug-likeness (QED) is 0.902. The third kappa shape index (κ3) is 2.36. The Kier molecular flexibility index (Phi) is 3.52. The van der Waals surface area contributed by atoms with Gasteiger partial charge in [-0.1, -0.05) is 18.5 Å². The minimum absolute atomic E-state index is 0.131. The van der Waals surface area contributed by atoms with Gasteiger partial charge >= 0.3 is 0 Å². The molecule has 92 valence electrons. The summed E-state index contributed by atoms with van der Waals surface area (Å²) in [5, 5.41) is 0.531. The van der Waals surface area contributed by atoms with Crippen LogP contribution in [-0.4, -0.2) is 23.9 Å². The van der Waals surface area contributed by atoms with E-state index in [0.717, 1.165) is 13.0 Å². The highest BCUT2D eigenvalue weighted by atomic mass is 35.5. The molecule has 0 radical (unpaired) electrons. The van der Waals surface area contributed by atoms with Gasteiger partial charge in [0.1, 0.15) is 5.82 Å². The Balaban J connectivity index is 2.30. The maximum absolute atomic E-state index is 13.8. The summed E-state index contributed by atoms with van der Waals surface area (Å²) in [6, 6.07) is 4.45. The Labute approximate surface area is 105 Å². The third-order valence-electron chi connectivity index (χ3n) is 2.88. The van der Waals surface area contributed by atoms with Crippen LogP contribution in [0.25, 0.3) is 0 Å². The fraction of sp³-hybridized carbons (Fsp3) is 0.417. The van der Waals surface area contributed by atoms with E-state index in [1.54, 1.807) is 12.1 Å². The largest absolute Gasteiger partial charge is 0.370 e. The monoisotopic (exact) mass is 255 g/mol. The topological polar surface area (TPSA) is 41.6 Å². The standard InChI is InChI=1S/C12H15ClFN3/c1-2-5-17-11(7-16-12(17)15)9-6-8(13)3-4-10(9)14/h3-4,6,11H,2,5,7H2,1H3,(H2,15,16). The maximum Gasteiger partial charge on any atom is 0.191 e. The van der Waals surface area contributed by atoms with Crippen LogP contribution in [0, 0.1) is 5.82 Å². The van der Waals surface area contributed by atoms with E-state index < -0.39 is 0 Å². The number of benzene rings is 1. The first-order chi connectivity index (χ1) is 8.13. The number of aliphatic imine (C=N–C) groups is 1. The summed E-state index contributed by atoms with van der Waals surface area (Å²) in [6.07, 6.45) is 0.939. The van der Waals surface area contributed by atoms with Gasteiger partial charge in [-0.15, -0.1) is 0 Å². The molecule has 0 aliphatic carbocycles. The molecule has 2 rings (SSSR count). The Morgan fingerprint density at radius 2 is 2.35 bits per heavy atom. The molecule has 1 atom stereocenters. The molecule has 1 heterocycles. The van der Waals surface area contributed by atoms with Gasteiger partial charge in [0.25, 0.3) is 0 Å². The van der Waals surface area contributed by atoms with Crippen molar-refractivity contribution in [3.05, 3.63) is 34.6 Å². The van der Waals surface area contributed by atoms with Crippen molar-refractivity contribution in [2.75, 3.05) is 13.1 Å². The van der Waals surface area contributed by atoms with Crippen molar-refractivity contribution < 1.29 is 4.39 Å². The first-order valence-corrected chi connectivity index (χ1v) is 6.02. The second kappa shape index (κ2) is 4.92. The van der Waals surface area contributed by atoms with E-state index in [2.05, 4.69) is 11.9 Å². The Bertz CT molecular complexity index is 447. The lowest BCUT2D eigenvalue weighted by Gasteiger charge is -2.26. The highest BCUT2D eigenvalue weighted by Gasteiger charge is 2.28. The van der Waals surface area contributed by atoms with Crippen molar-refractivity contribution in [2.45, 2.75) is 19.4 Å². The van der Waals surface area contributed by atoms with Gasteiger partial charge in [-0.05, 0) is 24.6 Å². The van der Waals surface area contributed by atoms with E-state index in [4.69, 9.17) is 17.3 Å².